The van der Waals surface area contributed by atoms with Gasteiger partial charge in [-0.15, -0.1) is 0 Å². The van der Waals surface area contributed by atoms with E-state index in [-0.39, 0.29) is 29.3 Å². The molecule has 0 saturated heterocycles. The Bertz CT molecular complexity index is 1080. The van der Waals surface area contributed by atoms with Crippen LogP contribution in [0.15, 0.2) is 48.7 Å². The van der Waals surface area contributed by atoms with E-state index in [4.69, 9.17) is 0 Å². The van der Waals surface area contributed by atoms with E-state index >= 15 is 0 Å². The van der Waals surface area contributed by atoms with Crippen LogP contribution in [0, 0.1) is 0 Å². The van der Waals surface area contributed by atoms with Gasteiger partial charge in [0.15, 0.2) is 11.5 Å². The van der Waals surface area contributed by atoms with Crippen molar-refractivity contribution in [3.8, 4) is 0 Å². The Hall–Kier alpha value is -3.48. The van der Waals surface area contributed by atoms with E-state index in [9.17, 15) is 14.4 Å². The van der Waals surface area contributed by atoms with Crippen LogP contribution in [0.2, 0.25) is 0 Å². The Kier molecular flexibility index (Phi) is 5.12. The first-order valence-electron chi connectivity index (χ1n) is 9.73. The molecule has 2 heterocycles. The van der Waals surface area contributed by atoms with E-state index in [0.29, 0.717) is 16.8 Å². The molecule has 2 amide bonds. The van der Waals surface area contributed by atoms with E-state index in [1.54, 1.807) is 47.0 Å². The summed E-state index contributed by atoms with van der Waals surface area (Å²) >= 11 is 0. The molecule has 0 atom stereocenters. The number of nitrogens with zero attached hydrogens (tertiary/aromatic N) is 2. The predicted molar refractivity (Wildman–Crippen MR) is 109 cm³/mol. The zero-order valence-electron chi connectivity index (χ0n) is 16.1. The van der Waals surface area contributed by atoms with Crippen LogP contribution in [-0.4, -0.2) is 33.0 Å². The summed E-state index contributed by atoms with van der Waals surface area (Å²) in [5.41, 5.74) is 1.94. The van der Waals surface area contributed by atoms with Crippen molar-refractivity contribution in [3.05, 3.63) is 65.7 Å². The van der Waals surface area contributed by atoms with Crippen molar-refractivity contribution < 1.29 is 14.4 Å². The van der Waals surface area contributed by atoms with E-state index < -0.39 is 5.91 Å². The lowest BCUT2D eigenvalue weighted by atomic mass is 10.1. The molecule has 2 N–H and O–H groups in total. The van der Waals surface area contributed by atoms with Crippen LogP contribution in [0.1, 0.15) is 64.1 Å². The van der Waals surface area contributed by atoms with Gasteiger partial charge in [0.05, 0.1) is 5.52 Å². The van der Waals surface area contributed by atoms with Crippen molar-refractivity contribution >= 4 is 28.8 Å². The second-order valence-electron chi connectivity index (χ2n) is 7.28. The number of hydrogen-bond acceptors (Lipinski definition) is 4. The molecule has 7 heteroatoms. The molecule has 2 aromatic heterocycles. The number of carbonyl (C=O) groups is 3. The summed E-state index contributed by atoms with van der Waals surface area (Å²) in [5, 5.41) is 5.80. The Morgan fingerprint density at radius 2 is 1.72 bits per heavy atom. The number of pyridine rings is 1. The quantitative estimate of drug-likeness (QED) is 0.653. The van der Waals surface area contributed by atoms with Crippen LogP contribution in [0.5, 0.6) is 0 Å². The first-order chi connectivity index (χ1) is 14.0. The lowest BCUT2D eigenvalue weighted by Gasteiger charge is -2.10. The van der Waals surface area contributed by atoms with Gasteiger partial charge in [-0.1, -0.05) is 18.9 Å². The van der Waals surface area contributed by atoms with Crippen LogP contribution in [0.25, 0.3) is 5.52 Å². The molecule has 0 aliphatic heterocycles. The Labute approximate surface area is 168 Å². The number of hydrogen-bond donors (Lipinski definition) is 2. The van der Waals surface area contributed by atoms with Crippen LogP contribution >= 0.6 is 0 Å². The topological polar surface area (TPSA) is 92.6 Å². The van der Waals surface area contributed by atoms with Crippen molar-refractivity contribution in [1.82, 2.24) is 14.7 Å². The molecule has 1 aromatic carbocycles. The number of nitrogens with one attached hydrogen (secondary N) is 2. The predicted octanol–water partition coefficient (Wildman–Crippen LogP) is 3.46. The maximum absolute atomic E-state index is 12.8. The van der Waals surface area contributed by atoms with E-state index in [2.05, 4.69) is 15.6 Å². The van der Waals surface area contributed by atoms with E-state index in [1.807, 2.05) is 6.07 Å². The molecule has 1 fully saturated rings. The number of rotatable bonds is 5. The molecular weight excluding hydrogens is 368 g/mol. The number of aromatic nitrogens is 2. The monoisotopic (exact) mass is 390 g/mol. The molecule has 0 unspecified atom stereocenters. The summed E-state index contributed by atoms with van der Waals surface area (Å²) < 4.78 is 1.61. The third-order valence-electron chi connectivity index (χ3n) is 5.21. The molecular formula is C22H22N4O3. The number of fused-ring (bicyclic) bond motifs is 1. The summed E-state index contributed by atoms with van der Waals surface area (Å²) in [6.45, 7) is 1.49. The normalized spacial score (nSPS) is 14.1. The zero-order chi connectivity index (χ0) is 20.4. The fourth-order valence-electron chi connectivity index (χ4n) is 3.66. The summed E-state index contributed by atoms with van der Waals surface area (Å²) in [4.78, 5) is 41.4. The number of Topliss-reactive ketones (excluding diaryl/α,β-unsaturated/α-hetero) is 1. The molecule has 4 rings (SSSR count). The second kappa shape index (κ2) is 7.87. The van der Waals surface area contributed by atoms with Gasteiger partial charge in [-0.3, -0.25) is 18.8 Å². The van der Waals surface area contributed by atoms with Crippen LogP contribution < -0.4 is 10.6 Å². The maximum Gasteiger partial charge on any atom is 0.292 e. The minimum absolute atomic E-state index is 0.0416. The Balaban J connectivity index is 1.60. The molecule has 7 nitrogen and oxygen atoms in total. The number of ketones is 1. The Morgan fingerprint density at radius 3 is 2.41 bits per heavy atom. The third-order valence-corrected chi connectivity index (χ3v) is 5.21. The number of imidazole rings is 1. The number of anilines is 1. The van der Waals surface area contributed by atoms with Crippen molar-refractivity contribution in [1.29, 1.82) is 0 Å². The molecule has 1 aliphatic carbocycles. The summed E-state index contributed by atoms with van der Waals surface area (Å²) in [6, 6.07) is 12.2. The van der Waals surface area contributed by atoms with E-state index in [0.717, 1.165) is 25.7 Å². The third kappa shape index (κ3) is 3.89. The minimum atomic E-state index is -0.429. The standard InChI is InChI=1S/C22H22N4O3/c1-14(27)15-9-11-17(12-10-15)24-22(29)20-25-19(18-8-4-5-13-26(18)20)21(28)23-16-6-2-3-7-16/h4-5,8-13,16H,2-3,6-7H2,1H3,(H,23,28)(H,24,29). The first-order valence-corrected chi connectivity index (χ1v) is 9.73. The zero-order valence-corrected chi connectivity index (χ0v) is 16.1. The first kappa shape index (κ1) is 18.9. The van der Waals surface area contributed by atoms with Crippen LogP contribution in [-0.2, 0) is 0 Å². The SMILES string of the molecule is CC(=O)c1ccc(NC(=O)c2nc(C(=O)NC3CCCC3)c3ccccn23)cc1. The molecule has 0 spiro atoms. The summed E-state index contributed by atoms with van der Waals surface area (Å²) in [6.07, 6.45) is 5.89. The van der Waals surface area contributed by atoms with Gasteiger partial charge in [0.25, 0.3) is 11.8 Å². The minimum Gasteiger partial charge on any atom is -0.348 e. The van der Waals surface area contributed by atoms with E-state index in [1.165, 1.54) is 6.92 Å². The summed E-state index contributed by atoms with van der Waals surface area (Å²) in [7, 11) is 0. The molecule has 1 aliphatic rings. The average molecular weight is 390 g/mol. The van der Waals surface area contributed by atoms with Gasteiger partial charge in [-0.05, 0) is 56.2 Å². The molecule has 148 valence electrons. The maximum atomic E-state index is 12.8. The molecule has 0 bridgehead atoms. The summed E-state index contributed by atoms with van der Waals surface area (Å²) in [5.74, 6) is -0.597. The van der Waals surface area contributed by atoms with Crippen molar-refractivity contribution in [3.63, 3.8) is 0 Å². The van der Waals surface area contributed by atoms with Crippen LogP contribution in [0.3, 0.4) is 0 Å². The lowest BCUT2D eigenvalue weighted by molar-refractivity contribution is 0.0934. The second-order valence-corrected chi connectivity index (χ2v) is 7.28. The van der Waals surface area contributed by atoms with Crippen molar-refractivity contribution in [2.75, 3.05) is 5.32 Å². The van der Waals surface area contributed by atoms with Gasteiger partial charge in [-0.25, -0.2) is 4.98 Å². The highest BCUT2D eigenvalue weighted by Gasteiger charge is 2.24. The molecule has 1 saturated carbocycles. The Morgan fingerprint density at radius 1 is 1.00 bits per heavy atom. The van der Waals surface area contributed by atoms with Crippen LogP contribution in [0.4, 0.5) is 5.69 Å². The van der Waals surface area contributed by atoms with Crippen molar-refractivity contribution in [2.24, 2.45) is 0 Å². The number of carbonyl (C=O) groups excluding carboxylic acids is 3. The fourth-order valence-corrected chi connectivity index (χ4v) is 3.66. The van der Waals surface area contributed by atoms with Gasteiger partial charge in [0.2, 0.25) is 5.82 Å². The largest absolute Gasteiger partial charge is 0.348 e. The molecule has 29 heavy (non-hydrogen) atoms. The fraction of sp³-hybridized carbons (Fsp3) is 0.273. The highest BCUT2D eigenvalue weighted by atomic mass is 16.2. The molecule has 0 radical (unpaired) electrons. The average Bonchev–Trinajstić information content (AvgIpc) is 3.36. The van der Waals surface area contributed by atoms with Gasteiger partial charge in [0, 0.05) is 23.5 Å². The van der Waals surface area contributed by atoms with Gasteiger partial charge in [-0.2, -0.15) is 0 Å². The molecule has 3 aromatic rings. The highest BCUT2D eigenvalue weighted by Crippen LogP contribution is 2.20. The number of benzene rings is 1. The number of amides is 2. The van der Waals surface area contributed by atoms with Gasteiger partial charge in [0.1, 0.15) is 0 Å². The van der Waals surface area contributed by atoms with Gasteiger partial charge < -0.3 is 10.6 Å². The highest BCUT2D eigenvalue weighted by molar-refractivity contribution is 6.06. The van der Waals surface area contributed by atoms with Gasteiger partial charge >= 0.3 is 0 Å². The van der Waals surface area contributed by atoms with Crippen molar-refractivity contribution in [2.45, 2.75) is 38.6 Å². The lowest BCUT2D eigenvalue weighted by Crippen LogP contribution is -2.33. The smallest absolute Gasteiger partial charge is 0.292 e.